The van der Waals surface area contributed by atoms with Gasteiger partial charge in [0.2, 0.25) is 0 Å². The van der Waals surface area contributed by atoms with E-state index in [0.717, 1.165) is 25.0 Å². The fourth-order valence-corrected chi connectivity index (χ4v) is 2.15. The molecule has 0 aliphatic rings. The summed E-state index contributed by atoms with van der Waals surface area (Å²) in [6.45, 7) is 8.41. The van der Waals surface area contributed by atoms with Crippen molar-refractivity contribution in [2.24, 2.45) is 13.0 Å². The first-order valence-electron chi connectivity index (χ1n) is 6.09. The lowest BCUT2D eigenvalue weighted by atomic mass is 9.99. The van der Waals surface area contributed by atoms with Crippen LogP contribution >= 0.6 is 0 Å². The summed E-state index contributed by atoms with van der Waals surface area (Å²) in [7, 11) is 1.97. The van der Waals surface area contributed by atoms with Crippen LogP contribution in [0.25, 0.3) is 0 Å². The van der Waals surface area contributed by atoms with Crippen LogP contribution in [0.4, 0.5) is 0 Å². The lowest BCUT2D eigenvalue weighted by Gasteiger charge is -2.12. The van der Waals surface area contributed by atoms with Crippen LogP contribution in [0.2, 0.25) is 0 Å². The van der Waals surface area contributed by atoms with E-state index in [9.17, 15) is 5.11 Å². The number of aromatic nitrogens is 2. The van der Waals surface area contributed by atoms with Crippen molar-refractivity contribution >= 4 is 0 Å². The van der Waals surface area contributed by atoms with Crippen molar-refractivity contribution in [3.05, 3.63) is 17.0 Å². The number of nitrogens with zero attached hydrogens (tertiary/aromatic N) is 2. The Labute approximate surface area is 98.5 Å². The highest BCUT2D eigenvalue weighted by Gasteiger charge is 2.12. The van der Waals surface area contributed by atoms with Gasteiger partial charge in [-0.3, -0.25) is 4.68 Å². The third-order valence-electron chi connectivity index (χ3n) is 3.13. The summed E-state index contributed by atoms with van der Waals surface area (Å²) >= 11 is 0. The second-order valence-electron chi connectivity index (χ2n) is 5.10. The van der Waals surface area contributed by atoms with Gasteiger partial charge in [-0.05, 0) is 44.6 Å². The SMILES string of the molecule is Cc1nn(C)c(C)c1CCC(O)CC(C)C. The van der Waals surface area contributed by atoms with Gasteiger partial charge in [-0.1, -0.05) is 13.8 Å². The summed E-state index contributed by atoms with van der Waals surface area (Å²) in [6, 6.07) is 0. The first kappa shape index (κ1) is 13.2. The first-order chi connectivity index (χ1) is 7.41. The second-order valence-corrected chi connectivity index (χ2v) is 5.10. The molecule has 0 amide bonds. The third-order valence-corrected chi connectivity index (χ3v) is 3.13. The molecule has 3 heteroatoms. The summed E-state index contributed by atoms with van der Waals surface area (Å²) in [4.78, 5) is 0. The average molecular weight is 224 g/mol. The van der Waals surface area contributed by atoms with E-state index in [1.165, 1.54) is 11.3 Å². The van der Waals surface area contributed by atoms with Crippen LogP contribution in [-0.4, -0.2) is 21.0 Å². The average Bonchev–Trinajstić information content (AvgIpc) is 2.38. The van der Waals surface area contributed by atoms with E-state index in [-0.39, 0.29) is 6.10 Å². The van der Waals surface area contributed by atoms with Gasteiger partial charge in [-0.15, -0.1) is 0 Å². The molecule has 1 N–H and O–H groups in total. The molecule has 0 aliphatic carbocycles. The minimum absolute atomic E-state index is 0.181. The molecule has 0 bridgehead atoms. The number of aliphatic hydroxyl groups excluding tert-OH is 1. The molecular weight excluding hydrogens is 200 g/mol. The molecule has 0 saturated heterocycles. The maximum atomic E-state index is 9.84. The van der Waals surface area contributed by atoms with Gasteiger partial charge in [0.25, 0.3) is 0 Å². The summed E-state index contributed by atoms with van der Waals surface area (Å²) in [5, 5.41) is 14.2. The summed E-state index contributed by atoms with van der Waals surface area (Å²) in [6.07, 6.45) is 2.47. The lowest BCUT2D eigenvalue weighted by molar-refractivity contribution is 0.139. The van der Waals surface area contributed by atoms with Crippen LogP contribution in [-0.2, 0) is 13.5 Å². The summed E-state index contributed by atoms with van der Waals surface area (Å²) < 4.78 is 1.92. The van der Waals surface area contributed by atoms with Gasteiger partial charge in [-0.25, -0.2) is 0 Å². The molecule has 92 valence electrons. The fourth-order valence-electron chi connectivity index (χ4n) is 2.15. The topological polar surface area (TPSA) is 38.0 Å². The Balaban J connectivity index is 2.54. The van der Waals surface area contributed by atoms with E-state index >= 15 is 0 Å². The Morgan fingerprint density at radius 2 is 1.94 bits per heavy atom. The molecule has 0 fully saturated rings. The van der Waals surface area contributed by atoms with Gasteiger partial charge in [0.1, 0.15) is 0 Å². The number of aliphatic hydroxyl groups is 1. The molecule has 1 aromatic rings. The molecule has 0 radical (unpaired) electrons. The second kappa shape index (κ2) is 5.48. The Bertz CT molecular complexity index is 342. The van der Waals surface area contributed by atoms with Crippen LogP contribution in [0.15, 0.2) is 0 Å². The van der Waals surface area contributed by atoms with Crippen LogP contribution in [0, 0.1) is 19.8 Å². The zero-order valence-corrected chi connectivity index (χ0v) is 11.1. The normalized spacial score (nSPS) is 13.4. The summed E-state index contributed by atoms with van der Waals surface area (Å²) in [5.41, 5.74) is 3.61. The van der Waals surface area contributed by atoms with Crippen LogP contribution in [0.3, 0.4) is 0 Å². The zero-order valence-electron chi connectivity index (χ0n) is 11.1. The molecule has 1 unspecified atom stereocenters. The highest BCUT2D eigenvalue weighted by atomic mass is 16.3. The highest BCUT2D eigenvalue weighted by molar-refractivity contribution is 5.24. The molecule has 1 aromatic heterocycles. The van der Waals surface area contributed by atoms with Crippen molar-refractivity contribution in [2.75, 3.05) is 0 Å². The van der Waals surface area contributed by atoms with E-state index in [0.29, 0.717) is 5.92 Å². The van der Waals surface area contributed by atoms with E-state index < -0.39 is 0 Å². The molecule has 0 saturated carbocycles. The van der Waals surface area contributed by atoms with Crippen molar-refractivity contribution < 1.29 is 5.11 Å². The van der Waals surface area contributed by atoms with Crippen LogP contribution in [0.5, 0.6) is 0 Å². The number of hydrogen-bond acceptors (Lipinski definition) is 2. The highest BCUT2D eigenvalue weighted by Crippen LogP contribution is 2.17. The Morgan fingerprint density at radius 3 is 2.38 bits per heavy atom. The van der Waals surface area contributed by atoms with Gasteiger partial charge >= 0.3 is 0 Å². The van der Waals surface area contributed by atoms with Gasteiger partial charge in [0.05, 0.1) is 11.8 Å². The smallest absolute Gasteiger partial charge is 0.0628 e. The first-order valence-corrected chi connectivity index (χ1v) is 6.09. The van der Waals surface area contributed by atoms with Crippen molar-refractivity contribution in [2.45, 2.75) is 53.1 Å². The van der Waals surface area contributed by atoms with Crippen molar-refractivity contribution in [3.63, 3.8) is 0 Å². The quantitative estimate of drug-likeness (QED) is 0.834. The Hall–Kier alpha value is -0.830. The van der Waals surface area contributed by atoms with Gasteiger partial charge in [-0.2, -0.15) is 5.10 Å². The predicted molar refractivity (Wildman–Crippen MR) is 66.5 cm³/mol. The molecule has 0 aromatic carbocycles. The monoisotopic (exact) mass is 224 g/mol. The molecule has 3 nitrogen and oxygen atoms in total. The number of aryl methyl sites for hydroxylation is 2. The maximum Gasteiger partial charge on any atom is 0.0628 e. The zero-order chi connectivity index (χ0) is 12.3. The van der Waals surface area contributed by atoms with Gasteiger partial charge in [0.15, 0.2) is 0 Å². The van der Waals surface area contributed by atoms with Crippen molar-refractivity contribution in [3.8, 4) is 0 Å². The van der Waals surface area contributed by atoms with E-state index in [1.54, 1.807) is 0 Å². The largest absolute Gasteiger partial charge is 0.393 e. The lowest BCUT2D eigenvalue weighted by Crippen LogP contribution is -2.11. The van der Waals surface area contributed by atoms with E-state index in [2.05, 4.69) is 25.9 Å². The van der Waals surface area contributed by atoms with Gasteiger partial charge < -0.3 is 5.11 Å². The Morgan fingerprint density at radius 1 is 1.31 bits per heavy atom. The molecular formula is C13H24N2O. The molecule has 1 heterocycles. The maximum absolute atomic E-state index is 9.84. The van der Waals surface area contributed by atoms with Crippen LogP contribution in [0.1, 0.15) is 43.6 Å². The van der Waals surface area contributed by atoms with Crippen LogP contribution < -0.4 is 0 Å². The fraction of sp³-hybridized carbons (Fsp3) is 0.769. The van der Waals surface area contributed by atoms with E-state index in [1.807, 2.05) is 18.7 Å². The molecule has 0 spiro atoms. The number of rotatable bonds is 5. The third kappa shape index (κ3) is 3.34. The Kier molecular flexibility index (Phi) is 4.54. The van der Waals surface area contributed by atoms with Gasteiger partial charge in [0, 0.05) is 12.7 Å². The van der Waals surface area contributed by atoms with Crippen molar-refractivity contribution in [1.82, 2.24) is 9.78 Å². The molecule has 1 rings (SSSR count). The minimum Gasteiger partial charge on any atom is -0.393 e. The molecule has 16 heavy (non-hydrogen) atoms. The molecule has 0 aliphatic heterocycles. The summed E-state index contributed by atoms with van der Waals surface area (Å²) in [5.74, 6) is 0.561. The standard InChI is InChI=1S/C13H24N2O/c1-9(2)8-12(16)6-7-13-10(3)14-15(5)11(13)4/h9,12,16H,6-8H2,1-5H3. The molecule has 1 atom stereocenters. The minimum atomic E-state index is -0.181. The predicted octanol–water partition coefficient (Wildman–Crippen LogP) is 2.38. The van der Waals surface area contributed by atoms with E-state index in [4.69, 9.17) is 0 Å². The van der Waals surface area contributed by atoms with Crippen molar-refractivity contribution in [1.29, 1.82) is 0 Å². The number of hydrogen-bond donors (Lipinski definition) is 1.